The SMILES string of the molecule is Cn1cnnc1CCNS(=O)(=O)c1cc(N)cc(Cl)c1F. The van der Waals surface area contributed by atoms with Crippen LogP contribution in [-0.2, 0) is 23.5 Å². The first-order valence-electron chi connectivity index (χ1n) is 5.88. The maximum atomic E-state index is 13.8. The molecule has 0 saturated heterocycles. The highest BCUT2D eigenvalue weighted by Crippen LogP contribution is 2.25. The van der Waals surface area contributed by atoms with Crippen molar-refractivity contribution in [1.29, 1.82) is 0 Å². The fraction of sp³-hybridized carbons (Fsp3) is 0.273. The summed E-state index contributed by atoms with van der Waals surface area (Å²) in [4.78, 5) is -0.578. The summed E-state index contributed by atoms with van der Waals surface area (Å²) in [6, 6.07) is 2.17. The largest absolute Gasteiger partial charge is 0.399 e. The van der Waals surface area contributed by atoms with Crippen molar-refractivity contribution in [3.05, 3.63) is 35.1 Å². The third-order valence-electron chi connectivity index (χ3n) is 2.75. The van der Waals surface area contributed by atoms with E-state index in [1.807, 2.05) is 0 Å². The molecule has 0 saturated carbocycles. The zero-order chi connectivity index (χ0) is 15.6. The number of nitrogens with two attached hydrogens (primary N) is 1. The number of nitrogens with zero attached hydrogens (tertiary/aromatic N) is 3. The molecule has 0 fully saturated rings. The number of hydrogen-bond donors (Lipinski definition) is 2. The second-order valence-electron chi connectivity index (χ2n) is 4.32. The molecule has 10 heteroatoms. The van der Waals surface area contributed by atoms with E-state index < -0.39 is 20.7 Å². The van der Waals surface area contributed by atoms with Crippen LogP contribution in [0, 0.1) is 5.82 Å². The number of hydrogen-bond acceptors (Lipinski definition) is 5. The number of sulfonamides is 1. The van der Waals surface area contributed by atoms with Crippen molar-refractivity contribution in [3.63, 3.8) is 0 Å². The van der Waals surface area contributed by atoms with E-state index in [2.05, 4.69) is 14.9 Å². The van der Waals surface area contributed by atoms with E-state index in [-0.39, 0.29) is 17.3 Å². The average Bonchev–Trinajstić information content (AvgIpc) is 2.79. The van der Waals surface area contributed by atoms with Gasteiger partial charge in [-0.25, -0.2) is 17.5 Å². The Bertz CT molecular complexity index is 762. The lowest BCUT2D eigenvalue weighted by Crippen LogP contribution is -2.27. The van der Waals surface area contributed by atoms with Gasteiger partial charge in [0.05, 0.1) is 5.02 Å². The second-order valence-corrected chi connectivity index (χ2v) is 6.46. The third-order valence-corrected chi connectivity index (χ3v) is 4.49. The van der Waals surface area contributed by atoms with Crippen LogP contribution in [0.15, 0.2) is 23.4 Å². The summed E-state index contributed by atoms with van der Waals surface area (Å²) >= 11 is 5.59. The molecule has 0 spiro atoms. The maximum Gasteiger partial charge on any atom is 0.243 e. The minimum absolute atomic E-state index is 0.0424. The molecule has 3 N–H and O–H groups in total. The highest BCUT2D eigenvalue weighted by atomic mass is 35.5. The number of aromatic nitrogens is 3. The van der Waals surface area contributed by atoms with Crippen LogP contribution in [0.25, 0.3) is 0 Å². The zero-order valence-corrected chi connectivity index (χ0v) is 12.6. The minimum atomic E-state index is -4.05. The van der Waals surface area contributed by atoms with Gasteiger partial charge in [-0.2, -0.15) is 0 Å². The summed E-state index contributed by atoms with van der Waals surface area (Å²) in [5.74, 6) is -0.430. The molecule has 0 aliphatic carbocycles. The van der Waals surface area contributed by atoms with Crippen LogP contribution < -0.4 is 10.5 Å². The van der Waals surface area contributed by atoms with Gasteiger partial charge in [-0.15, -0.1) is 10.2 Å². The lowest BCUT2D eigenvalue weighted by Gasteiger charge is -2.09. The number of anilines is 1. The summed E-state index contributed by atoms with van der Waals surface area (Å²) in [6.45, 7) is 0.0424. The van der Waals surface area contributed by atoms with Gasteiger partial charge in [0.15, 0.2) is 5.82 Å². The predicted octanol–water partition coefficient (Wildman–Crippen LogP) is 0.711. The van der Waals surface area contributed by atoms with E-state index in [1.165, 1.54) is 6.33 Å². The van der Waals surface area contributed by atoms with Crippen LogP contribution in [0.4, 0.5) is 10.1 Å². The summed E-state index contributed by atoms with van der Waals surface area (Å²) in [5, 5.41) is 7.15. The fourth-order valence-corrected chi connectivity index (χ4v) is 3.13. The normalized spacial score (nSPS) is 11.8. The first-order valence-corrected chi connectivity index (χ1v) is 7.74. The van der Waals surface area contributed by atoms with E-state index in [0.29, 0.717) is 12.2 Å². The van der Waals surface area contributed by atoms with Crippen LogP contribution in [0.1, 0.15) is 5.82 Å². The Morgan fingerprint density at radius 3 is 2.81 bits per heavy atom. The van der Waals surface area contributed by atoms with Crippen molar-refractivity contribution in [3.8, 4) is 0 Å². The predicted molar refractivity (Wildman–Crippen MR) is 75.7 cm³/mol. The smallest absolute Gasteiger partial charge is 0.243 e. The molecule has 0 radical (unpaired) electrons. The number of nitrogen functional groups attached to an aromatic ring is 1. The molecule has 1 aromatic carbocycles. The molecule has 2 aromatic rings. The van der Waals surface area contributed by atoms with Crippen LogP contribution in [0.2, 0.25) is 5.02 Å². The zero-order valence-electron chi connectivity index (χ0n) is 11.0. The van der Waals surface area contributed by atoms with Crippen molar-refractivity contribution >= 4 is 27.3 Å². The van der Waals surface area contributed by atoms with Crippen molar-refractivity contribution in [2.45, 2.75) is 11.3 Å². The number of rotatable bonds is 5. The second kappa shape index (κ2) is 5.96. The van der Waals surface area contributed by atoms with E-state index in [4.69, 9.17) is 17.3 Å². The van der Waals surface area contributed by atoms with E-state index >= 15 is 0 Å². The number of benzene rings is 1. The molecule has 114 valence electrons. The van der Waals surface area contributed by atoms with Gasteiger partial charge in [-0.05, 0) is 12.1 Å². The first kappa shape index (κ1) is 15.7. The molecule has 0 bridgehead atoms. The van der Waals surface area contributed by atoms with Gasteiger partial charge in [0.2, 0.25) is 10.0 Å². The summed E-state index contributed by atoms with van der Waals surface area (Å²) < 4.78 is 41.9. The standard InChI is InChI=1S/C11H13ClFN5O2S/c1-18-6-15-17-10(18)2-3-16-21(19,20)9-5-7(14)4-8(12)11(9)13/h4-6,16H,2-3,14H2,1H3. The van der Waals surface area contributed by atoms with Gasteiger partial charge < -0.3 is 10.3 Å². The van der Waals surface area contributed by atoms with E-state index in [1.54, 1.807) is 11.6 Å². The maximum absolute atomic E-state index is 13.8. The minimum Gasteiger partial charge on any atom is -0.399 e. The Labute approximate surface area is 126 Å². The van der Waals surface area contributed by atoms with Crippen LogP contribution >= 0.6 is 11.6 Å². The Hall–Kier alpha value is -1.71. The Morgan fingerprint density at radius 2 is 2.19 bits per heavy atom. The highest BCUT2D eigenvalue weighted by Gasteiger charge is 2.21. The van der Waals surface area contributed by atoms with E-state index in [9.17, 15) is 12.8 Å². The molecule has 0 unspecified atom stereocenters. The molecular weight excluding hydrogens is 321 g/mol. The lowest BCUT2D eigenvalue weighted by atomic mass is 10.3. The van der Waals surface area contributed by atoms with Crippen LogP contribution in [-0.4, -0.2) is 29.7 Å². The molecule has 2 rings (SSSR count). The van der Waals surface area contributed by atoms with Gasteiger partial charge in [0, 0.05) is 25.7 Å². The molecule has 0 aliphatic heterocycles. The quantitative estimate of drug-likeness (QED) is 0.784. The summed E-state index contributed by atoms with van der Waals surface area (Å²) in [7, 11) is -2.31. The summed E-state index contributed by atoms with van der Waals surface area (Å²) in [6.07, 6.45) is 1.81. The number of halogens is 2. The van der Waals surface area contributed by atoms with Gasteiger partial charge in [-0.3, -0.25) is 0 Å². The van der Waals surface area contributed by atoms with Crippen LogP contribution in [0.5, 0.6) is 0 Å². The molecule has 1 aromatic heterocycles. The molecule has 21 heavy (non-hydrogen) atoms. The van der Waals surface area contributed by atoms with Crippen molar-refractivity contribution < 1.29 is 12.8 Å². The van der Waals surface area contributed by atoms with Crippen LogP contribution in [0.3, 0.4) is 0 Å². The van der Waals surface area contributed by atoms with E-state index in [0.717, 1.165) is 12.1 Å². The topological polar surface area (TPSA) is 103 Å². The fourth-order valence-electron chi connectivity index (χ4n) is 1.69. The van der Waals surface area contributed by atoms with Gasteiger partial charge in [0.1, 0.15) is 17.0 Å². The highest BCUT2D eigenvalue weighted by molar-refractivity contribution is 7.89. The molecular formula is C11H13ClFN5O2S. The average molecular weight is 334 g/mol. The first-order chi connectivity index (χ1) is 9.81. The number of nitrogens with one attached hydrogen (secondary N) is 1. The monoisotopic (exact) mass is 333 g/mol. The van der Waals surface area contributed by atoms with Gasteiger partial charge >= 0.3 is 0 Å². The van der Waals surface area contributed by atoms with Gasteiger partial charge in [-0.1, -0.05) is 11.6 Å². The Kier molecular flexibility index (Phi) is 4.45. The molecule has 0 aliphatic rings. The van der Waals surface area contributed by atoms with Crippen molar-refractivity contribution in [2.75, 3.05) is 12.3 Å². The lowest BCUT2D eigenvalue weighted by molar-refractivity contribution is 0.556. The Balaban J connectivity index is 2.14. The molecule has 7 nitrogen and oxygen atoms in total. The van der Waals surface area contributed by atoms with Crippen molar-refractivity contribution in [2.24, 2.45) is 7.05 Å². The molecule has 1 heterocycles. The third kappa shape index (κ3) is 3.49. The Morgan fingerprint density at radius 1 is 1.48 bits per heavy atom. The molecule has 0 atom stereocenters. The van der Waals surface area contributed by atoms with Crippen molar-refractivity contribution in [1.82, 2.24) is 19.5 Å². The molecule has 0 amide bonds. The summed E-state index contributed by atoms with van der Waals surface area (Å²) in [5.41, 5.74) is 5.55. The number of aryl methyl sites for hydroxylation is 1. The van der Waals surface area contributed by atoms with Gasteiger partial charge in [0.25, 0.3) is 0 Å².